The van der Waals surface area contributed by atoms with Crippen molar-refractivity contribution in [1.82, 2.24) is 9.88 Å². The normalized spacial score (nSPS) is 20.6. The minimum absolute atomic E-state index is 0.0604. The molecule has 1 atom stereocenters. The highest BCUT2D eigenvalue weighted by atomic mass is 19.1. The summed E-state index contributed by atoms with van der Waals surface area (Å²) in [6, 6.07) is 1.30. The first-order valence-electron chi connectivity index (χ1n) is 4.76. The van der Waals surface area contributed by atoms with Crippen LogP contribution >= 0.6 is 0 Å². The highest BCUT2D eigenvalue weighted by Gasteiger charge is 2.28. The molecule has 1 saturated heterocycles. The van der Waals surface area contributed by atoms with Crippen LogP contribution in [-0.4, -0.2) is 34.2 Å². The SMILES string of the molecule is O=C(O)N1CCC(c2cnccc2F)C1. The third-order valence-electron chi connectivity index (χ3n) is 2.69. The van der Waals surface area contributed by atoms with Crippen LogP contribution in [0.4, 0.5) is 9.18 Å². The van der Waals surface area contributed by atoms with Gasteiger partial charge in [0, 0.05) is 37.0 Å². The van der Waals surface area contributed by atoms with E-state index >= 15 is 0 Å². The van der Waals surface area contributed by atoms with Crippen LogP contribution < -0.4 is 0 Å². The van der Waals surface area contributed by atoms with Crippen LogP contribution in [0.2, 0.25) is 0 Å². The summed E-state index contributed by atoms with van der Waals surface area (Å²) in [4.78, 5) is 15.8. The smallest absolute Gasteiger partial charge is 0.407 e. The highest BCUT2D eigenvalue weighted by molar-refractivity contribution is 5.65. The van der Waals surface area contributed by atoms with Gasteiger partial charge in [-0.15, -0.1) is 0 Å². The quantitative estimate of drug-likeness (QED) is 0.767. The lowest BCUT2D eigenvalue weighted by Gasteiger charge is -2.12. The topological polar surface area (TPSA) is 53.4 Å². The van der Waals surface area contributed by atoms with Crippen molar-refractivity contribution in [2.45, 2.75) is 12.3 Å². The first-order valence-corrected chi connectivity index (χ1v) is 4.76. The Morgan fingerprint density at radius 1 is 1.67 bits per heavy atom. The number of hydrogen-bond donors (Lipinski definition) is 1. The van der Waals surface area contributed by atoms with Gasteiger partial charge in [0.25, 0.3) is 0 Å². The maximum Gasteiger partial charge on any atom is 0.407 e. The van der Waals surface area contributed by atoms with E-state index in [1.165, 1.54) is 23.4 Å². The molecule has 1 aliphatic heterocycles. The summed E-state index contributed by atoms with van der Waals surface area (Å²) in [5, 5.41) is 8.76. The molecular formula is C10H11FN2O2. The van der Waals surface area contributed by atoms with Crippen molar-refractivity contribution in [3.8, 4) is 0 Å². The van der Waals surface area contributed by atoms with E-state index in [0.717, 1.165) is 0 Å². The van der Waals surface area contributed by atoms with Crippen LogP contribution in [-0.2, 0) is 0 Å². The number of nitrogens with zero attached hydrogens (tertiary/aromatic N) is 2. The fourth-order valence-corrected chi connectivity index (χ4v) is 1.88. The lowest BCUT2D eigenvalue weighted by molar-refractivity contribution is 0.155. The molecule has 2 heterocycles. The van der Waals surface area contributed by atoms with Gasteiger partial charge in [0.05, 0.1) is 0 Å². The number of halogens is 1. The second-order valence-corrected chi connectivity index (χ2v) is 3.61. The first-order chi connectivity index (χ1) is 7.18. The molecule has 0 aromatic carbocycles. The Hall–Kier alpha value is -1.65. The molecule has 0 aliphatic carbocycles. The van der Waals surface area contributed by atoms with Crippen LogP contribution in [0, 0.1) is 5.82 Å². The maximum atomic E-state index is 13.4. The van der Waals surface area contributed by atoms with Crippen LogP contribution in [0.3, 0.4) is 0 Å². The lowest BCUT2D eigenvalue weighted by atomic mass is 10.00. The third kappa shape index (κ3) is 1.91. The molecule has 1 aromatic heterocycles. The van der Waals surface area contributed by atoms with E-state index in [0.29, 0.717) is 25.1 Å². The number of amides is 1. The van der Waals surface area contributed by atoms with E-state index in [-0.39, 0.29) is 11.7 Å². The zero-order valence-corrected chi connectivity index (χ0v) is 8.06. The summed E-state index contributed by atoms with van der Waals surface area (Å²) >= 11 is 0. The summed E-state index contributed by atoms with van der Waals surface area (Å²) in [5.74, 6) is -0.364. The summed E-state index contributed by atoms with van der Waals surface area (Å²) < 4.78 is 13.4. The molecule has 1 N–H and O–H groups in total. The van der Waals surface area contributed by atoms with Crippen molar-refractivity contribution in [2.75, 3.05) is 13.1 Å². The van der Waals surface area contributed by atoms with Crippen LogP contribution in [0.5, 0.6) is 0 Å². The van der Waals surface area contributed by atoms with Gasteiger partial charge in [0.15, 0.2) is 0 Å². The number of carboxylic acid groups (broad SMARTS) is 1. The van der Waals surface area contributed by atoms with Gasteiger partial charge in [0.1, 0.15) is 5.82 Å². The van der Waals surface area contributed by atoms with Crippen molar-refractivity contribution >= 4 is 6.09 Å². The lowest BCUT2D eigenvalue weighted by Crippen LogP contribution is -2.26. The molecule has 0 saturated carbocycles. The number of pyridine rings is 1. The van der Waals surface area contributed by atoms with Gasteiger partial charge in [-0.2, -0.15) is 0 Å². The molecule has 80 valence electrons. The summed E-state index contributed by atoms with van der Waals surface area (Å²) in [7, 11) is 0. The summed E-state index contributed by atoms with van der Waals surface area (Å²) in [6.45, 7) is 0.826. The van der Waals surface area contributed by atoms with Gasteiger partial charge in [0.2, 0.25) is 0 Å². The molecule has 1 aliphatic rings. The van der Waals surface area contributed by atoms with Gasteiger partial charge in [-0.3, -0.25) is 4.98 Å². The van der Waals surface area contributed by atoms with Crippen molar-refractivity contribution < 1.29 is 14.3 Å². The maximum absolute atomic E-state index is 13.4. The average Bonchev–Trinajstić information content (AvgIpc) is 2.67. The zero-order valence-electron chi connectivity index (χ0n) is 8.06. The van der Waals surface area contributed by atoms with Crippen molar-refractivity contribution in [3.05, 3.63) is 29.8 Å². The van der Waals surface area contributed by atoms with Gasteiger partial charge in [-0.05, 0) is 12.5 Å². The summed E-state index contributed by atoms with van der Waals surface area (Å²) in [6.07, 6.45) is 2.59. The minimum atomic E-state index is -0.943. The Labute approximate surface area is 86.4 Å². The van der Waals surface area contributed by atoms with E-state index in [1.807, 2.05) is 0 Å². The molecule has 1 amide bonds. The van der Waals surface area contributed by atoms with Crippen LogP contribution in [0.1, 0.15) is 17.9 Å². The second kappa shape index (κ2) is 3.84. The molecule has 1 unspecified atom stereocenters. The molecule has 0 spiro atoms. The van der Waals surface area contributed by atoms with E-state index in [2.05, 4.69) is 4.98 Å². The highest BCUT2D eigenvalue weighted by Crippen LogP contribution is 2.28. The van der Waals surface area contributed by atoms with Gasteiger partial charge in [-0.1, -0.05) is 0 Å². The molecule has 1 fully saturated rings. The predicted molar refractivity (Wildman–Crippen MR) is 51.2 cm³/mol. The Kier molecular flexibility index (Phi) is 2.53. The van der Waals surface area contributed by atoms with Crippen LogP contribution in [0.15, 0.2) is 18.5 Å². The van der Waals surface area contributed by atoms with Crippen molar-refractivity contribution in [1.29, 1.82) is 0 Å². The number of aromatic nitrogens is 1. The van der Waals surface area contributed by atoms with Gasteiger partial charge >= 0.3 is 6.09 Å². The van der Waals surface area contributed by atoms with Crippen molar-refractivity contribution in [3.63, 3.8) is 0 Å². The molecule has 4 nitrogen and oxygen atoms in total. The Morgan fingerprint density at radius 2 is 2.47 bits per heavy atom. The Morgan fingerprint density at radius 3 is 3.07 bits per heavy atom. The van der Waals surface area contributed by atoms with E-state index in [4.69, 9.17) is 5.11 Å². The molecule has 15 heavy (non-hydrogen) atoms. The number of rotatable bonds is 1. The Balaban J connectivity index is 2.14. The molecule has 0 radical (unpaired) electrons. The van der Waals surface area contributed by atoms with Crippen molar-refractivity contribution in [2.24, 2.45) is 0 Å². The predicted octanol–water partition coefficient (Wildman–Crippen LogP) is 1.69. The van der Waals surface area contributed by atoms with E-state index < -0.39 is 6.09 Å². The third-order valence-corrected chi connectivity index (χ3v) is 2.69. The standard InChI is InChI=1S/C10H11FN2O2/c11-9-1-3-12-5-8(9)7-2-4-13(6-7)10(14)15/h1,3,5,7H,2,4,6H2,(H,14,15). The molecule has 2 rings (SSSR count). The molecule has 1 aromatic rings. The monoisotopic (exact) mass is 210 g/mol. The first kappa shape index (κ1) is 9.89. The molecule has 0 bridgehead atoms. The number of carbonyl (C=O) groups is 1. The summed E-state index contributed by atoms with van der Waals surface area (Å²) in [5.41, 5.74) is 0.515. The van der Waals surface area contributed by atoms with Gasteiger partial charge in [-0.25, -0.2) is 9.18 Å². The largest absolute Gasteiger partial charge is 0.465 e. The van der Waals surface area contributed by atoms with E-state index in [9.17, 15) is 9.18 Å². The fraction of sp³-hybridized carbons (Fsp3) is 0.400. The second-order valence-electron chi connectivity index (χ2n) is 3.61. The average molecular weight is 210 g/mol. The fourth-order valence-electron chi connectivity index (χ4n) is 1.88. The minimum Gasteiger partial charge on any atom is -0.465 e. The number of hydrogen-bond acceptors (Lipinski definition) is 2. The molecule has 5 heteroatoms. The Bertz CT molecular complexity index is 383. The van der Waals surface area contributed by atoms with Gasteiger partial charge < -0.3 is 10.0 Å². The van der Waals surface area contributed by atoms with Crippen LogP contribution in [0.25, 0.3) is 0 Å². The zero-order chi connectivity index (χ0) is 10.8. The number of likely N-dealkylation sites (tertiary alicyclic amines) is 1. The van der Waals surface area contributed by atoms with E-state index in [1.54, 1.807) is 0 Å². The molecular weight excluding hydrogens is 199 g/mol.